The van der Waals surface area contributed by atoms with Gasteiger partial charge in [-0.25, -0.2) is 9.97 Å². The first-order valence-corrected chi connectivity index (χ1v) is 4.75. The predicted octanol–water partition coefficient (Wildman–Crippen LogP) is 1.37. The molecule has 1 fully saturated rings. The van der Waals surface area contributed by atoms with Crippen molar-refractivity contribution in [3.05, 3.63) is 24.3 Å². The van der Waals surface area contributed by atoms with Crippen molar-refractivity contribution >= 4 is 0 Å². The summed E-state index contributed by atoms with van der Waals surface area (Å²) in [6, 6.07) is 1.84. The van der Waals surface area contributed by atoms with Crippen molar-refractivity contribution in [1.82, 2.24) is 15.3 Å². The molecule has 1 N–H and O–H groups in total. The van der Waals surface area contributed by atoms with Crippen LogP contribution in [0.3, 0.4) is 0 Å². The normalized spacial score (nSPS) is 18.5. The van der Waals surface area contributed by atoms with Gasteiger partial charge in [0.1, 0.15) is 5.82 Å². The predicted molar refractivity (Wildman–Crippen MR) is 51.1 cm³/mol. The Bertz CT molecular complexity index is 267. The third-order valence-electron chi connectivity index (χ3n) is 2.56. The van der Waals surface area contributed by atoms with Crippen LogP contribution in [0.1, 0.15) is 25.6 Å². The van der Waals surface area contributed by atoms with E-state index in [1.54, 1.807) is 12.4 Å². The van der Waals surface area contributed by atoms with Crippen LogP contribution >= 0.6 is 0 Å². The van der Waals surface area contributed by atoms with Gasteiger partial charge in [0.05, 0.1) is 6.54 Å². The average Bonchev–Trinajstić information content (AvgIpc) is 2.86. The summed E-state index contributed by atoms with van der Waals surface area (Å²) in [5.41, 5.74) is 0.564. The minimum absolute atomic E-state index is 0.564. The van der Waals surface area contributed by atoms with Crippen LogP contribution < -0.4 is 5.32 Å². The standard InChI is InChI=1S/C10H15N3/c1-10(3-4-10)8-11-7-9-12-5-2-6-13-9/h2,5-6,11H,3-4,7-8H2,1H3. The van der Waals surface area contributed by atoms with E-state index in [0.717, 1.165) is 18.9 Å². The van der Waals surface area contributed by atoms with E-state index < -0.39 is 0 Å². The van der Waals surface area contributed by atoms with Crippen LogP contribution in [0.15, 0.2) is 18.5 Å². The van der Waals surface area contributed by atoms with Crippen molar-refractivity contribution in [1.29, 1.82) is 0 Å². The van der Waals surface area contributed by atoms with E-state index in [1.807, 2.05) is 6.07 Å². The van der Waals surface area contributed by atoms with Crippen LogP contribution in [-0.4, -0.2) is 16.5 Å². The van der Waals surface area contributed by atoms with Gasteiger partial charge in [-0.2, -0.15) is 0 Å². The molecular weight excluding hydrogens is 162 g/mol. The van der Waals surface area contributed by atoms with E-state index in [9.17, 15) is 0 Å². The van der Waals surface area contributed by atoms with E-state index >= 15 is 0 Å². The van der Waals surface area contributed by atoms with Crippen molar-refractivity contribution in [2.45, 2.75) is 26.3 Å². The summed E-state index contributed by atoms with van der Waals surface area (Å²) in [6.07, 6.45) is 6.27. The van der Waals surface area contributed by atoms with Crippen molar-refractivity contribution < 1.29 is 0 Å². The molecule has 1 aromatic rings. The fourth-order valence-corrected chi connectivity index (χ4v) is 1.29. The lowest BCUT2D eigenvalue weighted by molar-refractivity contribution is 0.493. The van der Waals surface area contributed by atoms with Crippen LogP contribution in [0.2, 0.25) is 0 Å². The minimum atomic E-state index is 0.564. The Morgan fingerprint density at radius 3 is 2.69 bits per heavy atom. The van der Waals surface area contributed by atoms with Crippen LogP contribution in [0.25, 0.3) is 0 Å². The fraction of sp³-hybridized carbons (Fsp3) is 0.600. The highest BCUT2D eigenvalue weighted by atomic mass is 15.0. The molecule has 1 aromatic heterocycles. The van der Waals surface area contributed by atoms with Crippen molar-refractivity contribution in [3.63, 3.8) is 0 Å². The van der Waals surface area contributed by atoms with Gasteiger partial charge in [0.15, 0.2) is 0 Å². The molecule has 1 aliphatic carbocycles. The smallest absolute Gasteiger partial charge is 0.141 e. The first-order chi connectivity index (χ1) is 6.29. The van der Waals surface area contributed by atoms with Crippen molar-refractivity contribution in [2.75, 3.05) is 6.54 Å². The number of hydrogen-bond donors (Lipinski definition) is 1. The van der Waals surface area contributed by atoms with Crippen LogP contribution in [0.4, 0.5) is 0 Å². The Labute approximate surface area is 78.6 Å². The van der Waals surface area contributed by atoms with E-state index in [-0.39, 0.29) is 0 Å². The van der Waals surface area contributed by atoms with Gasteiger partial charge >= 0.3 is 0 Å². The molecule has 0 aromatic carbocycles. The van der Waals surface area contributed by atoms with Gasteiger partial charge in [-0.05, 0) is 24.3 Å². The molecule has 13 heavy (non-hydrogen) atoms. The number of aromatic nitrogens is 2. The zero-order chi connectivity index (χ0) is 9.15. The molecule has 0 radical (unpaired) electrons. The maximum Gasteiger partial charge on any atom is 0.141 e. The summed E-state index contributed by atoms with van der Waals surface area (Å²) in [5, 5.41) is 3.38. The van der Waals surface area contributed by atoms with Crippen molar-refractivity contribution in [2.24, 2.45) is 5.41 Å². The van der Waals surface area contributed by atoms with Crippen LogP contribution in [0, 0.1) is 5.41 Å². The Kier molecular flexibility index (Phi) is 2.27. The maximum atomic E-state index is 4.15. The maximum absolute atomic E-state index is 4.15. The van der Waals surface area contributed by atoms with Crippen LogP contribution in [0.5, 0.6) is 0 Å². The second-order valence-electron chi connectivity index (χ2n) is 4.08. The third-order valence-corrected chi connectivity index (χ3v) is 2.56. The molecule has 0 bridgehead atoms. The van der Waals surface area contributed by atoms with E-state index in [4.69, 9.17) is 0 Å². The molecule has 0 unspecified atom stereocenters. The van der Waals surface area contributed by atoms with Gasteiger partial charge in [0, 0.05) is 18.9 Å². The van der Waals surface area contributed by atoms with Crippen LogP contribution in [-0.2, 0) is 6.54 Å². The highest BCUT2D eigenvalue weighted by molar-refractivity contribution is 4.92. The molecule has 1 heterocycles. The molecule has 0 spiro atoms. The molecule has 1 saturated carbocycles. The first kappa shape index (κ1) is 8.63. The zero-order valence-corrected chi connectivity index (χ0v) is 7.95. The summed E-state index contributed by atoms with van der Waals surface area (Å²) in [5.74, 6) is 0.881. The van der Waals surface area contributed by atoms with Gasteiger partial charge in [-0.3, -0.25) is 0 Å². The molecule has 2 rings (SSSR count). The number of nitrogens with one attached hydrogen (secondary N) is 1. The van der Waals surface area contributed by atoms with E-state index in [1.165, 1.54) is 12.8 Å². The molecular formula is C10H15N3. The summed E-state index contributed by atoms with van der Waals surface area (Å²) in [4.78, 5) is 8.29. The molecule has 1 aliphatic rings. The molecule has 70 valence electrons. The number of hydrogen-bond acceptors (Lipinski definition) is 3. The lowest BCUT2D eigenvalue weighted by atomic mass is 10.1. The molecule has 3 heteroatoms. The molecule has 0 saturated heterocycles. The van der Waals surface area contributed by atoms with Gasteiger partial charge in [0.2, 0.25) is 0 Å². The molecule has 0 atom stereocenters. The highest BCUT2D eigenvalue weighted by Gasteiger charge is 2.36. The monoisotopic (exact) mass is 177 g/mol. The zero-order valence-electron chi connectivity index (χ0n) is 7.95. The minimum Gasteiger partial charge on any atom is -0.309 e. The van der Waals surface area contributed by atoms with E-state index in [2.05, 4.69) is 22.2 Å². The Hall–Kier alpha value is -0.960. The molecule has 0 amide bonds. The third kappa shape index (κ3) is 2.49. The highest BCUT2D eigenvalue weighted by Crippen LogP contribution is 2.43. The summed E-state index contributed by atoms with van der Waals surface area (Å²) in [7, 11) is 0. The molecule has 0 aliphatic heterocycles. The van der Waals surface area contributed by atoms with E-state index in [0.29, 0.717) is 5.41 Å². The lowest BCUT2D eigenvalue weighted by Crippen LogP contribution is -2.22. The lowest BCUT2D eigenvalue weighted by Gasteiger charge is -2.08. The summed E-state index contributed by atoms with van der Waals surface area (Å²) < 4.78 is 0. The largest absolute Gasteiger partial charge is 0.309 e. The number of rotatable bonds is 4. The van der Waals surface area contributed by atoms with Gasteiger partial charge in [-0.1, -0.05) is 6.92 Å². The Balaban J connectivity index is 1.74. The quantitative estimate of drug-likeness (QED) is 0.754. The Morgan fingerprint density at radius 2 is 2.08 bits per heavy atom. The Morgan fingerprint density at radius 1 is 1.38 bits per heavy atom. The summed E-state index contributed by atoms with van der Waals surface area (Å²) >= 11 is 0. The van der Waals surface area contributed by atoms with Gasteiger partial charge in [0.25, 0.3) is 0 Å². The first-order valence-electron chi connectivity index (χ1n) is 4.75. The van der Waals surface area contributed by atoms with Crippen molar-refractivity contribution in [3.8, 4) is 0 Å². The topological polar surface area (TPSA) is 37.8 Å². The number of nitrogens with zero attached hydrogens (tertiary/aromatic N) is 2. The second kappa shape index (κ2) is 3.42. The van der Waals surface area contributed by atoms with Gasteiger partial charge in [-0.15, -0.1) is 0 Å². The second-order valence-corrected chi connectivity index (χ2v) is 4.08. The SMILES string of the molecule is CC1(CNCc2ncccn2)CC1. The average molecular weight is 177 g/mol. The fourth-order valence-electron chi connectivity index (χ4n) is 1.29. The summed E-state index contributed by atoms with van der Waals surface area (Å²) in [6.45, 7) is 4.19. The van der Waals surface area contributed by atoms with Gasteiger partial charge < -0.3 is 5.32 Å². The molecule has 3 nitrogen and oxygen atoms in total.